The van der Waals surface area contributed by atoms with Crippen LogP contribution in [-0.4, -0.2) is 47.4 Å². The molecule has 4 aromatic rings. The Labute approximate surface area is 197 Å². The first-order valence-electron chi connectivity index (χ1n) is 10.3. The van der Waals surface area contributed by atoms with Crippen LogP contribution in [0.2, 0.25) is 0 Å². The summed E-state index contributed by atoms with van der Waals surface area (Å²) >= 11 is 1.11. The minimum absolute atomic E-state index is 0.165. The Morgan fingerprint density at radius 3 is 2.47 bits per heavy atom. The van der Waals surface area contributed by atoms with Gasteiger partial charge in [-0.2, -0.15) is 10.2 Å². The molecule has 0 aliphatic rings. The molecule has 12 heteroatoms. The molecule has 3 aromatic heterocycles. The highest BCUT2D eigenvalue weighted by molar-refractivity contribution is 7.21. The number of carbonyl (C=O) groups is 1. The Balaban J connectivity index is 2.03. The number of rotatable bonds is 7. The Bertz CT molecular complexity index is 1500. The normalized spacial score (nSPS) is 12.7. The van der Waals surface area contributed by atoms with Gasteiger partial charge in [0.25, 0.3) is 5.56 Å². The Kier molecular flexibility index (Phi) is 5.87. The standard InChI is InChI=1S/C22H23N5O6S/c1-12-16-17(29)26(22(2,3)20(30)31)21(32)25(19(16)34-18(12)27-23-9-10-24-27)11-14(28)13-7-5-6-8-15(13)33-4/h5-10,14,28H,11H2,1-4H3,(H,30,31)/t14-/m0/s1. The number of aliphatic carboxylic acids is 1. The van der Waals surface area contributed by atoms with Crippen molar-refractivity contribution >= 4 is 27.5 Å². The van der Waals surface area contributed by atoms with Crippen LogP contribution in [0.25, 0.3) is 15.2 Å². The van der Waals surface area contributed by atoms with E-state index in [4.69, 9.17) is 4.74 Å². The molecule has 11 nitrogen and oxygen atoms in total. The van der Waals surface area contributed by atoms with Crippen molar-refractivity contribution in [2.24, 2.45) is 0 Å². The van der Waals surface area contributed by atoms with Crippen molar-refractivity contribution in [2.45, 2.75) is 39.0 Å². The molecule has 0 aliphatic heterocycles. The second-order valence-electron chi connectivity index (χ2n) is 8.19. The van der Waals surface area contributed by atoms with Crippen molar-refractivity contribution in [2.75, 3.05) is 7.11 Å². The van der Waals surface area contributed by atoms with Gasteiger partial charge in [0.05, 0.1) is 31.4 Å². The van der Waals surface area contributed by atoms with Gasteiger partial charge < -0.3 is 14.9 Å². The first kappa shape index (κ1) is 23.4. The molecule has 0 unspecified atom stereocenters. The van der Waals surface area contributed by atoms with E-state index in [1.165, 1.54) is 42.7 Å². The number of nitrogens with zero attached hydrogens (tertiary/aromatic N) is 5. The highest BCUT2D eigenvalue weighted by atomic mass is 32.1. The van der Waals surface area contributed by atoms with Gasteiger partial charge in [-0.15, -0.1) is 4.80 Å². The number of carboxylic acids is 1. The van der Waals surface area contributed by atoms with Crippen molar-refractivity contribution < 1.29 is 19.7 Å². The van der Waals surface area contributed by atoms with E-state index < -0.39 is 28.9 Å². The lowest BCUT2D eigenvalue weighted by Crippen LogP contribution is -2.52. The van der Waals surface area contributed by atoms with Gasteiger partial charge in [0.15, 0.2) is 0 Å². The maximum Gasteiger partial charge on any atom is 0.333 e. The third-order valence-electron chi connectivity index (χ3n) is 5.72. The molecule has 1 aromatic carbocycles. The van der Waals surface area contributed by atoms with Crippen LogP contribution in [-0.2, 0) is 16.9 Å². The summed E-state index contributed by atoms with van der Waals surface area (Å²) in [6, 6.07) is 6.83. The lowest BCUT2D eigenvalue weighted by Gasteiger charge is -2.24. The minimum atomic E-state index is -1.84. The molecule has 178 valence electrons. The summed E-state index contributed by atoms with van der Waals surface area (Å²) in [5.41, 5.74) is -2.47. The molecular weight excluding hydrogens is 462 g/mol. The van der Waals surface area contributed by atoms with Gasteiger partial charge >= 0.3 is 11.7 Å². The lowest BCUT2D eigenvalue weighted by atomic mass is 10.1. The molecule has 2 N–H and O–H groups in total. The number of aliphatic hydroxyl groups is 1. The van der Waals surface area contributed by atoms with E-state index in [2.05, 4.69) is 10.2 Å². The summed E-state index contributed by atoms with van der Waals surface area (Å²) in [6.45, 7) is 4.01. The van der Waals surface area contributed by atoms with E-state index in [-0.39, 0.29) is 16.8 Å². The second-order valence-corrected chi connectivity index (χ2v) is 9.16. The smallest absolute Gasteiger partial charge is 0.333 e. The second kappa shape index (κ2) is 8.54. The van der Waals surface area contributed by atoms with Crippen LogP contribution in [0.4, 0.5) is 0 Å². The van der Waals surface area contributed by atoms with Gasteiger partial charge in [-0.1, -0.05) is 29.5 Å². The molecule has 0 aliphatic carbocycles. The molecular formula is C22H23N5O6S. The monoisotopic (exact) mass is 485 g/mol. The predicted molar refractivity (Wildman–Crippen MR) is 125 cm³/mol. The summed E-state index contributed by atoms with van der Waals surface area (Å²) in [5, 5.41) is 29.7. The minimum Gasteiger partial charge on any atom is -0.496 e. The SMILES string of the molecule is COc1ccccc1[C@@H](O)Cn1c(=O)n(C(C)(C)C(=O)O)c(=O)c2c(C)c(-n3nccn3)sc21. The van der Waals surface area contributed by atoms with Crippen molar-refractivity contribution in [3.05, 3.63) is 68.6 Å². The zero-order chi connectivity index (χ0) is 24.8. The van der Waals surface area contributed by atoms with E-state index >= 15 is 0 Å². The number of aryl methyl sites for hydroxylation is 1. The molecule has 34 heavy (non-hydrogen) atoms. The van der Waals surface area contributed by atoms with Crippen molar-refractivity contribution in [3.8, 4) is 10.8 Å². The quantitative estimate of drug-likeness (QED) is 0.403. The highest BCUT2D eigenvalue weighted by Gasteiger charge is 2.35. The zero-order valence-electron chi connectivity index (χ0n) is 18.9. The first-order chi connectivity index (χ1) is 16.1. The number of carboxylic acid groups (broad SMARTS) is 1. The van der Waals surface area contributed by atoms with Gasteiger partial charge in [-0.25, -0.2) is 14.2 Å². The third-order valence-corrected chi connectivity index (χ3v) is 7.00. The van der Waals surface area contributed by atoms with Crippen LogP contribution in [0, 0.1) is 6.92 Å². The van der Waals surface area contributed by atoms with Crippen LogP contribution in [0.1, 0.15) is 31.1 Å². The summed E-state index contributed by atoms with van der Waals surface area (Å²) in [7, 11) is 1.47. The molecule has 0 radical (unpaired) electrons. The summed E-state index contributed by atoms with van der Waals surface area (Å²) in [5.74, 6) is -0.910. The Morgan fingerprint density at radius 2 is 1.85 bits per heavy atom. The summed E-state index contributed by atoms with van der Waals surface area (Å²) in [6.07, 6.45) is 1.78. The van der Waals surface area contributed by atoms with Crippen molar-refractivity contribution in [1.82, 2.24) is 24.1 Å². The summed E-state index contributed by atoms with van der Waals surface area (Å²) in [4.78, 5) is 40.6. The van der Waals surface area contributed by atoms with Gasteiger partial charge in [-0.05, 0) is 26.8 Å². The predicted octanol–water partition coefficient (Wildman–Crippen LogP) is 1.68. The van der Waals surface area contributed by atoms with Crippen LogP contribution in [0.15, 0.2) is 46.2 Å². The molecule has 1 atom stereocenters. The number of aromatic nitrogens is 5. The fourth-order valence-corrected chi connectivity index (χ4v) is 5.03. The molecule has 3 heterocycles. The number of fused-ring (bicyclic) bond motifs is 1. The molecule has 0 saturated carbocycles. The summed E-state index contributed by atoms with van der Waals surface area (Å²) < 4.78 is 7.27. The van der Waals surface area contributed by atoms with Gasteiger partial charge in [0.1, 0.15) is 27.2 Å². The number of aliphatic hydroxyl groups excluding tert-OH is 1. The molecule has 0 saturated heterocycles. The number of ether oxygens (including phenoxy) is 1. The number of hydrogen-bond donors (Lipinski definition) is 2. The van der Waals surface area contributed by atoms with Crippen LogP contribution >= 0.6 is 11.3 Å². The number of methoxy groups -OCH3 is 1. The van der Waals surface area contributed by atoms with E-state index in [0.717, 1.165) is 11.3 Å². The van der Waals surface area contributed by atoms with Crippen molar-refractivity contribution in [1.29, 1.82) is 0 Å². The fraction of sp³-hybridized carbons (Fsp3) is 0.318. The van der Waals surface area contributed by atoms with Crippen molar-refractivity contribution in [3.63, 3.8) is 0 Å². The highest BCUT2D eigenvalue weighted by Crippen LogP contribution is 2.32. The van der Waals surface area contributed by atoms with Crippen LogP contribution in [0.3, 0.4) is 0 Å². The molecule has 0 fully saturated rings. The van der Waals surface area contributed by atoms with Gasteiger partial charge in [-0.3, -0.25) is 9.36 Å². The first-order valence-corrected chi connectivity index (χ1v) is 11.1. The molecule has 0 spiro atoms. The van der Waals surface area contributed by atoms with E-state index in [1.807, 2.05) is 0 Å². The molecule has 0 bridgehead atoms. The largest absolute Gasteiger partial charge is 0.496 e. The van der Waals surface area contributed by atoms with Gasteiger partial charge in [0.2, 0.25) is 0 Å². The number of para-hydroxylation sites is 1. The zero-order valence-corrected chi connectivity index (χ0v) is 19.7. The maximum absolute atomic E-state index is 13.6. The Hall–Kier alpha value is -3.77. The number of thiophene rings is 1. The topological polar surface area (TPSA) is 141 Å². The van der Waals surface area contributed by atoms with E-state index in [0.29, 0.717) is 26.4 Å². The lowest BCUT2D eigenvalue weighted by molar-refractivity contribution is -0.146. The third kappa shape index (κ3) is 3.60. The maximum atomic E-state index is 13.6. The fourth-order valence-electron chi connectivity index (χ4n) is 3.81. The Morgan fingerprint density at radius 1 is 1.21 bits per heavy atom. The van der Waals surface area contributed by atoms with Gasteiger partial charge in [0, 0.05) is 11.1 Å². The average Bonchev–Trinajstić information content (AvgIpc) is 3.44. The van der Waals surface area contributed by atoms with E-state index in [1.54, 1.807) is 31.2 Å². The molecule has 0 amide bonds. The number of benzene rings is 1. The average molecular weight is 486 g/mol. The van der Waals surface area contributed by atoms with Crippen LogP contribution < -0.4 is 16.0 Å². The van der Waals surface area contributed by atoms with Crippen LogP contribution in [0.5, 0.6) is 5.75 Å². The van der Waals surface area contributed by atoms with E-state index in [9.17, 15) is 24.6 Å². The number of hydrogen-bond acceptors (Lipinski definition) is 8. The molecule has 4 rings (SSSR count).